The molecule has 2 N–H and O–H groups in total. The Morgan fingerprint density at radius 1 is 1.25 bits per heavy atom. The minimum atomic E-state index is -0.797. The van der Waals surface area contributed by atoms with Crippen LogP contribution in [0.4, 0.5) is 11.4 Å². The molecule has 36 heavy (non-hydrogen) atoms. The van der Waals surface area contributed by atoms with E-state index in [2.05, 4.69) is 32.3 Å². The van der Waals surface area contributed by atoms with Gasteiger partial charge in [0.05, 0.1) is 54.4 Å². The molecule has 1 saturated heterocycles. The zero-order valence-electron chi connectivity index (χ0n) is 20.7. The molecule has 8 nitrogen and oxygen atoms in total. The van der Waals surface area contributed by atoms with Gasteiger partial charge in [-0.2, -0.15) is 5.26 Å². The summed E-state index contributed by atoms with van der Waals surface area (Å²) in [7, 11) is 0. The third-order valence-corrected chi connectivity index (χ3v) is 7.02. The number of aliphatic hydroxyl groups excluding tert-OH is 1. The van der Waals surface area contributed by atoms with Gasteiger partial charge in [0.25, 0.3) is 5.91 Å². The Morgan fingerprint density at radius 3 is 2.89 bits per heavy atom. The van der Waals surface area contributed by atoms with Crippen molar-refractivity contribution in [1.29, 1.82) is 5.26 Å². The van der Waals surface area contributed by atoms with Gasteiger partial charge in [-0.3, -0.25) is 14.8 Å². The second-order valence-electron chi connectivity index (χ2n) is 9.92. The van der Waals surface area contributed by atoms with Gasteiger partial charge in [-0.05, 0) is 50.6 Å². The van der Waals surface area contributed by atoms with Crippen molar-refractivity contribution < 1.29 is 14.6 Å². The zero-order valence-corrected chi connectivity index (χ0v) is 20.7. The first-order valence-electron chi connectivity index (χ1n) is 12.1. The van der Waals surface area contributed by atoms with Gasteiger partial charge in [-0.25, -0.2) is 0 Å². The summed E-state index contributed by atoms with van der Waals surface area (Å²) >= 11 is 0. The molecule has 1 fully saturated rings. The van der Waals surface area contributed by atoms with Crippen LogP contribution in [0.2, 0.25) is 0 Å². The molecule has 1 aromatic carbocycles. The summed E-state index contributed by atoms with van der Waals surface area (Å²) in [6, 6.07) is 13.7. The molecule has 5 rings (SSSR count). The van der Waals surface area contributed by atoms with Gasteiger partial charge in [-0.1, -0.05) is 12.1 Å². The number of hydrogen-bond donors (Lipinski definition) is 2. The van der Waals surface area contributed by atoms with Gasteiger partial charge in [0, 0.05) is 47.2 Å². The van der Waals surface area contributed by atoms with Crippen molar-refractivity contribution in [2.45, 2.75) is 44.8 Å². The Kier molecular flexibility index (Phi) is 6.20. The molecule has 1 amide bonds. The highest BCUT2D eigenvalue weighted by Crippen LogP contribution is 2.41. The van der Waals surface area contributed by atoms with Gasteiger partial charge < -0.3 is 20.1 Å². The normalized spacial score (nSPS) is 19.1. The number of fused-ring (bicyclic) bond motifs is 3. The molecule has 0 aliphatic carbocycles. The molecule has 2 aliphatic rings. The van der Waals surface area contributed by atoms with Crippen molar-refractivity contribution in [2.75, 3.05) is 30.0 Å². The number of morpholine rings is 1. The van der Waals surface area contributed by atoms with Crippen molar-refractivity contribution >= 4 is 17.3 Å². The van der Waals surface area contributed by atoms with Gasteiger partial charge in [-0.15, -0.1) is 0 Å². The number of amides is 1. The predicted molar refractivity (Wildman–Crippen MR) is 137 cm³/mol. The van der Waals surface area contributed by atoms with E-state index in [4.69, 9.17) is 4.74 Å². The van der Waals surface area contributed by atoms with E-state index in [1.165, 1.54) is 0 Å². The number of nitriles is 1. The number of anilines is 2. The van der Waals surface area contributed by atoms with Crippen LogP contribution >= 0.6 is 0 Å². The highest BCUT2D eigenvalue weighted by Gasteiger charge is 2.34. The maximum Gasteiger partial charge on any atom is 0.255 e. The van der Waals surface area contributed by atoms with E-state index in [-0.39, 0.29) is 11.9 Å². The summed E-state index contributed by atoms with van der Waals surface area (Å²) in [5.41, 5.74) is 5.40. The molecule has 2 unspecified atom stereocenters. The van der Waals surface area contributed by atoms with E-state index in [0.29, 0.717) is 36.6 Å². The van der Waals surface area contributed by atoms with Crippen LogP contribution in [0.15, 0.2) is 48.8 Å². The van der Waals surface area contributed by atoms with Crippen LogP contribution in [0.1, 0.15) is 53.7 Å². The standard InChI is InChI=1S/C28H29N5O3/c1-17-23(18-4-5-22-24(10-18)33-8-9-36-15-21(33)13-25(22)34)12-20(14-31-17)32-27(35)19-6-7-30-26(11-19)28(2,3)16-29/h4-7,10-12,14,21,25,34H,8-9,13,15H2,1-3H3,(H,32,35). The third kappa shape index (κ3) is 4.43. The van der Waals surface area contributed by atoms with Crippen molar-refractivity contribution in [3.05, 3.63) is 71.3 Å². The first-order chi connectivity index (χ1) is 17.3. The quantitative estimate of drug-likeness (QED) is 0.573. The molecular weight excluding hydrogens is 454 g/mol. The molecule has 0 saturated carbocycles. The number of benzene rings is 1. The smallest absolute Gasteiger partial charge is 0.255 e. The SMILES string of the molecule is Cc1ncc(NC(=O)c2ccnc(C(C)(C)C#N)c2)cc1-c1ccc2c(c1)N1CCOCC1CC2O. The molecule has 184 valence electrons. The fourth-order valence-corrected chi connectivity index (χ4v) is 4.86. The van der Waals surface area contributed by atoms with Crippen LogP contribution in [0.25, 0.3) is 11.1 Å². The van der Waals surface area contributed by atoms with E-state index in [0.717, 1.165) is 34.6 Å². The lowest BCUT2D eigenvalue weighted by molar-refractivity contribution is 0.0612. The van der Waals surface area contributed by atoms with Gasteiger partial charge >= 0.3 is 0 Å². The molecule has 3 aromatic rings. The highest BCUT2D eigenvalue weighted by atomic mass is 16.5. The Labute approximate surface area is 210 Å². The minimum absolute atomic E-state index is 0.164. The Hall–Kier alpha value is -3.80. The second kappa shape index (κ2) is 9.34. The summed E-state index contributed by atoms with van der Waals surface area (Å²) in [5, 5.41) is 23.0. The summed E-state index contributed by atoms with van der Waals surface area (Å²) in [6.07, 6.45) is 3.33. The van der Waals surface area contributed by atoms with Crippen LogP contribution in [-0.4, -0.2) is 46.8 Å². The second-order valence-corrected chi connectivity index (χ2v) is 9.92. The lowest BCUT2D eigenvalue weighted by atomic mass is 9.90. The average Bonchev–Trinajstić information content (AvgIpc) is 2.89. The van der Waals surface area contributed by atoms with Crippen LogP contribution in [0, 0.1) is 18.3 Å². The number of aliphatic hydroxyl groups is 1. The number of aromatic nitrogens is 2. The maximum absolute atomic E-state index is 13.0. The molecular formula is C28H29N5O3. The largest absolute Gasteiger partial charge is 0.388 e. The maximum atomic E-state index is 13.0. The number of nitrogens with zero attached hydrogens (tertiary/aromatic N) is 4. The zero-order chi connectivity index (χ0) is 25.4. The highest BCUT2D eigenvalue weighted by molar-refractivity contribution is 6.04. The molecule has 2 aliphatic heterocycles. The number of pyridine rings is 2. The van der Waals surface area contributed by atoms with E-state index in [1.54, 1.807) is 38.4 Å². The van der Waals surface area contributed by atoms with Gasteiger partial charge in [0.2, 0.25) is 0 Å². The Morgan fingerprint density at radius 2 is 2.08 bits per heavy atom. The molecule has 0 bridgehead atoms. The van der Waals surface area contributed by atoms with Gasteiger partial charge in [0.1, 0.15) is 0 Å². The fourth-order valence-electron chi connectivity index (χ4n) is 4.86. The van der Waals surface area contributed by atoms with E-state index < -0.39 is 11.5 Å². The summed E-state index contributed by atoms with van der Waals surface area (Å²) < 4.78 is 5.63. The first-order valence-corrected chi connectivity index (χ1v) is 12.1. The molecule has 0 radical (unpaired) electrons. The molecule has 8 heteroatoms. The lowest BCUT2D eigenvalue weighted by Crippen LogP contribution is -2.49. The molecule has 4 heterocycles. The average molecular weight is 484 g/mol. The summed E-state index contributed by atoms with van der Waals surface area (Å²) in [5.74, 6) is -0.297. The lowest BCUT2D eigenvalue weighted by Gasteiger charge is -2.43. The number of ether oxygens (including phenoxy) is 1. The van der Waals surface area contributed by atoms with Crippen molar-refractivity contribution in [3.63, 3.8) is 0 Å². The number of aryl methyl sites for hydroxylation is 1. The Bertz CT molecular complexity index is 1360. The number of rotatable bonds is 4. The van der Waals surface area contributed by atoms with Crippen LogP contribution in [-0.2, 0) is 10.2 Å². The first kappa shape index (κ1) is 23.9. The van der Waals surface area contributed by atoms with Crippen molar-refractivity contribution in [3.8, 4) is 17.2 Å². The van der Waals surface area contributed by atoms with Crippen molar-refractivity contribution in [2.24, 2.45) is 0 Å². The monoisotopic (exact) mass is 483 g/mol. The van der Waals surface area contributed by atoms with Crippen LogP contribution in [0.3, 0.4) is 0 Å². The molecule has 2 atom stereocenters. The number of carbonyl (C=O) groups excluding carboxylic acids is 1. The number of carbonyl (C=O) groups is 1. The van der Waals surface area contributed by atoms with E-state index >= 15 is 0 Å². The topological polar surface area (TPSA) is 111 Å². The summed E-state index contributed by atoms with van der Waals surface area (Å²) in [4.78, 5) is 24.1. The molecule has 2 aromatic heterocycles. The van der Waals surface area contributed by atoms with Crippen molar-refractivity contribution in [1.82, 2.24) is 9.97 Å². The Balaban J connectivity index is 1.44. The molecule has 0 spiro atoms. The van der Waals surface area contributed by atoms with E-state index in [9.17, 15) is 15.2 Å². The van der Waals surface area contributed by atoms with Crippen LogP contribution < -0.4 is 10.2 Å². The number of nitrogens with one attached hydrogen (secondary N) is 1. The minimum Gasteiger partial charge on any atom is -0.388 e. The fraction of sp³-hybridized carbons (Fsp3) is 0.357. The predicted octanol–water partition coefficient (Wildman–Crippen LogP) is 4.15. The van der Waals surface area contributed by atoms with Gasteiger partial charge in [0.15, 0.2) is 0 Å². The van der Waals surface area contributed by atoms with E-state index in [1.807, 2.05) is 25.1 Å². The number of hydrogen-bond acceptors (Lipinski definition) is 7. The summed E-state index contributed by atoms with van der Waals surface area (Å²) in [6.45, 7) is 7.54. The van der Waals surface area contributed by atoms with Crippen LogP contribution in [0.5, 0.6) is 0 Å². The third-order valence-electron chi connectivity index (χ3n) is 7.02.